The van der Waals surface area contributed by atoms with Crippen LogP contribution in [0.1, 0.15) is 11.4 Å². The lowest BCUT2D eigenvalue weighted by Gasteiger charge is -2.10. The number of nitrogens with one attached hydrogen (secondary N) is 1. The lowest BCUT2D eigenvalue weighted by molar-refractivity contribution is -0.123. The molecule has 1 aromatic heterocycles. The van der Waals surface area contributed by atoms with Gasteiger partial charge in [0.25, 0.3) is 5.91 Å². The first-order valence-electron chi connectivity index (χ1n) is 9.02. The van der Waals surface area contributed by atoms with E-state index >= 15 is 0 Å². The van der Waals surface area contributed by atoms with E-state index in [1.165, 1.54) is 0 Å². The number of aromatic nitrogens is 1. The summed E-state index contributed by atoms with van der Waals surface area (Å²) in [7, 11) is 3.23. The van der Waals surface area contributed by atoms with Gasteiger partial charge >= 0.3 is 0 Å². The molecular weight excluding hydrogens is 370 g/mol. The maximum absolute atomic E-state index is 12.0. The standard InChI is InChI=1S/C22H23N3O4/c1-16-4-5-18(25(16)17-6-8-19(27-2)9-7-17)14-23-24-22(26)15-29-21-12-10-20(28-3)11-13-21/h4-14H,15H2,1-3H3,(H,24,26)/b23-14-. The van der Waals surface area contributed by atoms with Crippen LogP contribution in [0.4, 0.5) is 0 Å². The molecule has 3 aromatic rings. The van der Waals surface area contributed by atoms with Crippen LogP contribution in [0.2, 0.25) is 0 Å². The van der Waals surface area contributed by atoms with Crippen molar-refractivity contribution in [2.45, 2.75) is 6.92 Å². The second-order valence-electron chi connectivity index (χ2n) is 6.19. The first-order valence-corrected chi connectivity index (χ1v) is 9.02. The molecule has 7 heteroatoms. The number of rotatable bonds is 8. The quantitative estimate of drug-likeness (QED) is 0.471. The number of aryl methyl sites for hydroxylation is 1. The van der Waals surface area contributed by atoms with Gasteiger partial charge in [0, 0.05) is 11.4 Å². The van der Waals surface area contributed by atoms with Gasteiger partial charge < -0.3 is 18.8 Å². The number of carbonyl (C=O) groups excluding carboxylic acids is 1. The molecule has 0 aliphatic rings. The number of amides is 1. The highest BCUT2D eigenvalue weighted by Gasteiger charge is 2.07. The first kappa shape index (κ1) is 20.0. The fourth-order valence-corrected chi connectivity index (χ4v) is 2.77. The van der Waals surface area contributed by atoms with Crippen LogP contribution in [0.5, 0.6) is 17.2 Å². The van der Waals surface area contributed by atoms with Gasteiger partial charge in [0.05, 0.1) is 26.1 Å². The summed E-state index contributed by atoms with van der Waals surface area (Å²) in [6.07, 6.45) is 1.60. The Kier molecular flexibility index (Phi) is 6.52. The molecule has 0 aliphatic heterocycles. The molecule has 1 N–H and O–H groups in total. The number of hydrogen-bond donors (Lipinski definition) is 1. The van der Waals surface area contributed by atoms with E-state index < -0.39 is 0 Å². The SMILES string of the molecule is COc1ccc(OCC(=O)N/N=C\c2ccc(C)n2-c2ccc(OC)cc2)cc1. The smallest absolute Gasteiger partial charge is 0.277 e. The van der Waals surface area contributed by atoms with Crippen molar-refractivity contribution in [3.63, 3.8) is 0 Å². The third-order valence-corrected chi connectivity index (χ3v) is 4.25. The minimum absolute atomic E-state index is 0.137. The average Bonchev–Trinajstić information content (AvgIpc) is 3.13. The fraction of sp³-hybridized carbons (Fsp3) is 0.182. The summed E-state index contributed by atoms with van der Waals surface area (Å²) < 4.78 is 17.7. The highest BCUT2D eigenvalue weighted by atomic mass is 16.5. The number of carbonyl (C=O) groups is 1. The minimum Gasteiger partial charge on any atom is -0.497 e. The van der Waals surface area contributed by atoms with Gasteiger partial charge in [0.2, 0.25) is 0 Å². The van der Waals surface area contributed by atoms with Gasteiger partial charge in [-0.2, -0.15) is 5.10 Å². The van der Waals surface area contributed by atoms with Crippen molar-refractivity contribution in [2.75, 3.05) is 20.8 Å². The van der Waals surface area contributed by atoms with Gasteiger partial charge in [-0.15, -0.1) is 0 Å². The summed E-state index contributed by atoms with van der Waals surface area (Å²) in [5.74, 6) is 1.74. The van der Waals surface area contributed by atoms with E-state index in [-0.39, 0.29) is 12.5 Å². The number of ether oxygens (including phenoxy) is 3. The van der Waals surface area contributed by atoms with Gasteiger partial charge in [-0.05, 0) is 67.6 Å². The lowest BCUT2D eigenvalue weighted by atomic mass is 10.3. The van der Waals surface area contributed by atoms with E-state index in [0.717, 1.165) is 28.6 Å². The topological polar surface area (TPSA) is 74.1 Å². The van der Waals surface area contributed by atoms with Crippen molar-refractivity contribution in [3.8, 4) is 22.9 Å². The lowest BCUT2D eigenvalue weighted by Crippen LogP contribution is -2.24. The number of benzene rings is 2. The number of hydrazone groups is 1. The number of methoxy groups -OCH3 is 2. The molecule has 150 valence electrons. The second kappa shape index (κ2) is 9.45. The van der Waals surface area contributed by atoms with Crippen LogP contribution in [0.3, 0.4) is 0 Å². The van der Waals surface area contributed by atoms with E-state index in [1.807, 2.05) is 47.9 Å². The molecule has 0 saturated carbocycles. The summed E-state index contributed by atoms with van der Waals surface area (Å²) in [6, 6.07) is 18.6. The van der Waals surface area contributed by atoms with Crippen molar-refractivity contribution in [1.82, 2.24) is 9.99 Å². The Morgan fingerprint density at radius 3 is 2.14 bits per heavy atom. The predicted octanol–water partition coefficient (Wildman–Crippen LogP) is 3.33. The van der Waals surface area contributed by atoms with Crippen molar-refractivity contribution >= 4 is 12.1 Å². The summed E-state index contributed by atoms with van der Waals surface area (Å²) in [5, 5.41) is 4.04. The molecule has 0 saturated heterocycles. The molecule has 0 radical (unpaired) electrons. The van der Waals surface area contributed by atoms with Gasteiger partial charge in [-0.25, -0.2) is 5.43 Å². The van der Waals surface area contributed by atoms with Crippen LogP contribution < -0.4 is 19.6 Å². The van der Waals surface area contributed by atoms with Crippen LogP contribution in [-0.4, -0.2) is 37.5 Å². The van der Waals surface area contributed by atoms with Gasteiger partial charge in [-0.1, -0.05) is 0 Å². The maximum atomic E-state index is 12.0. The van der Waals surface area contributed by atoms with Gasteiger partial charge in [-0.3, -0.25) is 4.79 Å². The molecule has 29 heavy (non-hydrogen) atoms. The Morgan fingerprint density at radius 2 is 1.52 bits per heavy atom. The van der Waals surface area contributed by atoms with E-state index in [1.54, 1.807) is 44.7 Å². The molecule has 0 unspecified atom stereocenters. The average molecular weight is 393 g/mol. The molecule has 1 heterocycles. The van der Waals surface area contributed by atoms with Crippen LogP contribution in [0.25, 0.3) is 5.69 Å². The van der Waals surface area contributed by atoms with Crippen molar-refractivity contribution in [1.29, 1.82) is 0 Å². The normalized spacial score (nSPS) is 10.7. The third-order valence-electron chi connectivity index (χ3n) is 4.25. The second-order valence-corrected chi connectivity index (χ2v) is 6.19. The van der Waals surface area contributed by atoms with Gasteiger partial charge in [0.1, 0.15) is 17.2 Å². The highest BCUT2D eigenvalue weighted by Crippen LogP contribution is 2.19. The maximum Gasteiger partial charge on any atom is 0.277 e. The van der Waals surface area contributed by atoms with Crippen LogP contribution in [-0.2, 0) is 4.79 Å². The highest BCUT2D eigenvalue weighted by molar-refractivity contribution is 5.82. The molecule has 3 rings (SSSR count). The summed E-state index contributed by atoms with van der Waals surface area (Å²) in [6.45, 7) is 1.87. The van der Waals surface area contributed by atoms with E-state index in [0.29, 0.717) is 5.75 Å². The Labute approximate surface area is 169 Å². The molecule has 0 spiro atoms. The zero-order valence-electron chi connectivity index (χ0n) is 16.6. The molecule has 0 atom stereocenters. The minimum atomic E-state index is -0.351. The molecule has 1 amide bonds. The summed E-state index contributed by atoms with van der Waals surface area (Å²) >= 11 is 0. The monoisotopic (exact) mass is 393 g/mol. The molecule has 0 fully saturated rings. The molecule has 2 aromatic carbocycles. The zero-order valence-corrected chi connectivity index (χ0v) is 16.6. The largest absolute Gasteiger partial charge is 0.497 e. The Hall–Kier alpha value is -3.74. The van der Waals surface area contributed by atoms with Crippen LogP contribution in [0.15, 0.2) is 65.8 Å². The molecule has 0 aliphatic carbocycles. The molecule has 0 bridgehead atoms. The number of nitrogens with zero attached hydrogens (tertiary/aromatic N) is 2. The van der Waals surface area contributed by atoms with E-state index in [2.05, 4.69) is 10.5 Å². The summed E-state index contributed by atoms with van der Waals surface area (Å²) in [4.78, 5) is 12.0. The van der Waals surface area contributed by atoms with E-state index in [9.17, 15) is 4.79 Å². The van der Waals surface area contributed by atoms with E-state index in [4.69, 9.17) is 14.2 Å². The zero-order chi connectivity index (χ0) is 20.6. The van der Waals surface area contributed by atoms with Gasteiger partial charge in [0.15, 0.2) is 6.61 Å². The first-order chi connectivity index (χ1) is 14.1. The molecular formula is C22H23N3O4. The van der Waals surface area contributed by atoms with Crippen molar-refractivity contribution in [2.24, 2.45) is 5.10 Å². The predicted molar refractivity (Wildman–Crippen MR) is 111 cm³/mol. The Bertz CT molecular complexity index is 976. The van der Waals surface area contributed by atoms with Crippen LogP contribution >= 0.6 is 0 Å². The molecule has 7 nitrogen and oxygen atoms in total. The Balaban J connectivity index is 1.59. The fourth-order valence-electron chi connectivity index (χ4n) is 2.77. The Morgan fingerprint density at radius 1 is 0.931 bits per heavy atom. The number of hydrogen-bond acceptors (Lipinski definition) is 5. The third kappa shape index (κ3) is 5.16. The van der Waals surface area contributed by atoms with Crippen LogP contribution in [0, 0.1) is 6.92 Å². The van der Waals surface area contributed by atoms with Crippen molar-refractivity contribution < 1.29 is 19.0 Å². The van der Waals surface area contributed by atoms with Crippen molar-refractivity contribution in [3.05, 3.63) is 72.1 Å². The summed E-state index contributed by atoms with van der Waals surface area (Å²) in [5.41, 5.74) is 5.34.